The molecule has 0 aromatic heterocycles. The molecule has 0 aromatic carbocycles. The third kappa shape index (κ3) is 4.73. The summed E-state index contributed by atoms with van der Waals surface area (Å²) < 4.78 is 0. The Bertz CT molecular complexity index is 78.0. The molecule has 10 heavy (non-hydrogen) atoms. The molecule has 0 spiro atoms. The molecule has 0 aliphatic carbocycles. The number of hydrogen-bond donors (Lipinski definition) is 1. The minimum atomic E-state index is 0.245. The zero-order valence-electron chi connectivity index (χ0n) is 7.13. The van der Waals surface area contributed by atoms with E-state index in [-0.39, 0.29) is 6.04 Å². The van der Waals surface area contributed by atoms with Crippen molar-refractivity contribution in [1.29, 1.82) is 0 Å². The van der Waals surface area contributed by atoms with E-state index in [1.54, 1.807) is 12.2 Å². The number of nitrogens with zero attached hydrogens (tertiary/aromatic N) is 1. The van der Waals surface area contributed by atoms with Gasteiger partial charge in [0, 0.05) is 19.6 Å². The van der Waals surface area contributed by atoms with Crippen LogP contribution in [0.2, 0.25) is 0 Å². The predicted molar refractivity (Wildman–Crippen MR) is 42.5 cm³/mol. The Labute approximate surface area is 63.1 Å². The SMILES string of the molecule is CCCC(N)CN(C)OC. The molecule has 62 valence electrons. The average molecular weight is 146 g/mol. The lowest BCUT2D eigenvalue weighted by molar-refractivity contribution is -0.112. The first-order chi connectivity index (χ1) is 4.70. The first-order valence-corrected chi connectivity index (χ1v) is 3.71. The molecule has 0 bridgehead atoms. The van der Waals surface area contributed by atoms with E-state index in [1.807, 2.05) is 7.05 Å². The fourth-order valence-electron chi connectivity index (χ4n) is 0.867. The van der Waals surface area contributed by atoms with E-state index >= 15 is 0 Å². The molecular formula is C7H18N2O. The molecule has 0 saturated heterocycles. The Morgan fingerprint density at radius 1 is 1.60 bits per heavy atom. The average Bonchev–Trinajstić information content (AvgIpc) is 1.88. The summed E-state index contributed by atoms with van der Waals surface area (Å²) in [5, 5.41) is 1.75. The van der Waals surface area contributed by atoms with Crippen LogP contribution in [0.5, 0.6) is 0 Å². The van der Waals surface area contributed by atoms with Gasteiger partial charge in [-0.1, -0.05) is 13.3 Å². The summed E-state index contributed by atoms with van der Waals surface area (Å²) in [6.07, 6.45) is 2.20. The molecule has 0 heterocycles. The molecule has 1 atom stereocenters. The van der Waals surface area contributed by atoms with Crippen LogP contribution in [-0.4, -0.2) is 31.8 Å². The summed E-state index contributed by atoms with van der Waals surface area (Å²) in [6, 6.07) is 0.245. The quantitative estimate of drug-likeness (QED) is 0.577. The third-order valence-corrected chi connectivity index (χ3v) is 1.46. The van der Waals surface area contributed by atoms with Crippen LogP contribution in [0.1, 0.15) is 19.8 Å². The first-order valence-electron chi connectivity index (χ1n) is 3.71. The zero-order chi connectivity index (χ0) is 7.98. The zero-order valence-corrected chi connectivity index (χ0v) is 7.13. The van der Waals surface area contributed by atoms with Gasteiger partial charge in [0.15, 0.2) is 0 Å². The first kappa shape index (κ1) is 9.88. The monoisotopic (exact) mass is 146 g/mol. The number of likely N-dealkylation sites (N-methyl/N-ethyl adjacent to an activating group) is 1. The maximum absolute atomic E-state index is 5.74. The molecule has 3 heteroatoms. The van der Waals surface area contributed by atoms with Crippen molar-refractivity contribution < 1.29 is 4.84 Å². The highest BCUT2D eigenvalue weighted by molar-refractivity contribution is 4.60. The Morgan fingerprint density at radius 3 is 2.60 bits per heavy atom. The van der Waals surface area contributed by atoms with Gasteiger partial charge in [-0.3, -0.25) is 0 Å². The van der Waals surface area contributed by atoms with Crippen molar-refractivity contribution in [2.45, 2.75) is 25.8 Å². The largest absolute Gasteiger partial charge is 0.326 e. The normalized spacial score (nSPS) is 14.1. The van der Waals surface area contributed by atoms with E-state index in [1.165, 1.54) is 0 Å². The number of rotatable bonds is 5. The van der Waals surface area contributed by atoms with Crippen molar-refractivity contribution in [3.8, 4) is 0 Å². The van der Waals surface area contributed by atoms with Crippen molar-refractivity contribution in [2.75, 3.05) is 20.7 Å². The van der Waals surface area contributed by atoms with Crippen LogP contribution in [0.25, 0.3) is 0 Å². The van der Waals surface area contributed by atoms with Crippen molar-refractivity contribution in [3.63, 3.8) is 0 Å². The second-order valence-electron chi connectivity index (χ2n) is 2.54. The minimum absolute atomic E-state index is 0.245. The van der Waals surface area contributed by atoms with E-state index in [9.17, 15) is 0 Å². The molecular weight excluding hydrogens is 128 g/mol. The Balaban J connectivity index is 3.27. The van der Waals surface area contributed by atoms with Crippen molar-refractivity contribution in [2.24, 2.45) is 5.73 Å². The lowest BCUT2D eigenvalue weighted by Gasteiger charge is -2.17. The second kappa shape index (κ2) is 5.65. The smallest absolute Gasteiger partial charge is 0.0575 e. The van der Waals surface area contributed by atoms with Gasteiger partial charge >= 0.3 is 0 Å². The summed E-state index contributed by atoms with van der Waals surface area (Å²) >= 11 is 0. The Kier molecular flexibility index (Phi) is 5.58. The summed E-state index contributed by atoms with van der Waals surface area (Å²) in [7, 11) is 3.54. The molecule has 0 radical (unpaired) electrons. The standard InChI is InChI=1S/C7H18N2O/c1-4-5-7(8)6-9(2)10-3/h7H,4-6,8H2,1-3H3. The molecule has 0 rings (SSSR count). The fraction of sp³-hybridized carbons (Fsp3) is 1.00. The van der Waals surface area contributed by atoms with E-state index < -0.39 is 0 Å². The van der Waals surface area contributed by atoms with E-state index in [0.29, 0.717) is 0 Å². The van der Waals surface area contributed by atoms with Crippen LogP contribution in [0.15, 0.2) is 0 Å². The molecule has 3 nitrogen and oxygen atoms in total. The highest BCUT2D eigenvalue weighted by atomic mass is 16.7. The predicted octanol–water partition coefficient (Wildman–Crippen LogP) is 0.607. The molecule has 0 aliphatic rings. The molecule has 0 fully saturated rings. The maximum Gasteiger partial charge on any atom is 0.0575 e. The van der Waals surface area contributed by atoms with Gasteiger partial charge in [-0.2, -0.15) is 5.06 Å². The molecule has 2 N–H and O–H groups in total. The van der Waals surface area contributed by atoms with Gasteiger partial charge in [0.1, 0.15) is 0 Å². The van der Waals surface area contributed by atoms with Gasteiger partial charge < -0.3 is 10.6 Å². The van der Waals surface area contributed by atoms with Crippen LogP contribution < -0.4 is 5.73 Å². The summed E-state index contributed by atoms with van der Waals surface area (Å²) in [5.41, 5.74) is 5.74. The van der Waals surface area contributed by atoms with Crippen LogP contribution in [0.4, 0.5) is 0 Å². The number of nitrogens with two attached hydrogens (primary N) is 1. The molecule has 0 saturated carbocycles. The fourth-order valence-corrected chi connectivity index (χ4v) is 0.867. The van der Waals surface area contributed by atoms with Crippen molar-refractivity contribution >= 4 is 0 Å². The maximum atomic E-state index is 5.74. The van der Waals surface area contributed by atoms with Crippen molar-refractivity contribution in [1.82, 2.24) is 5.06 Å². The summed E-state index contributed by atoms with van der Waals surface area (Å²) in [6.45, 7) is 2.94. The topological polar surface area (TPSA) is 38.5 Å². The lowest BCUT2D eigenvalue weighted by Crippen LogP contribution is -2.34. The van der Waals surface area contributed by atoms with Crippen LogP contribution in [-0.2, 0) is 4.84 Å². The summed E-state index contributed by atoms with van der Waals surface area (Å²) in [5.74, 6) is 0. The van der Waals surface area contributed by atoms with Gasteiger partial charge in [-0.25, -0.2) is 0 Å². The Hall–Kier alpha value is -0.120. The van der Waals surface area contributed by atoms with Crippen LogP contribution in [0.3, 0.4) is 0 Å². The summed E-state index contributed by atoms with van der Waals surface area (Å²) in [4.78, 5) is 4.92. The number of hydrogen-bond acceptors (Lipinski definition) is 3. The molecule has 0 amide bonds. The van der Waals surface area contributed by atoms with Gasteiger partial charge in [0.05, 0.1) is 7.11 Å². The minimum Gasteiger partial charge on any atom is -0.326 e. The lowest BCUT2D eigenvalue weighted by atomic mass is 10.2. The van der Waals surface area contributed by atoms with E-state index in [2.05, 4.69) is 6.92 Å². The van der Waals surface area contributed by atoms with E-state index in [0.717, 1.165) is 19.4 Å². The van der Waals surface area contributed by atoms with Crippen molar-refractivity contribution in [3.05, 3.63) is 0 Å². The van der Waals surface area contributed by atoms with E-state index in [4.69, 9.17) is 10.6 Å². The third-order valence-electron chi connectivity index (χ3n) is 1.46. The van der Waals surface area contributed by atoms with Gasteiger partial charge in [0.25, 0.3) is 0 Å². The molecule has 0 aromatic rings. The highest BCUT2D eigenvalue weighted by Gasteiger charge is 2.03. The van der Waals surface area contributed by atoms with Gasteiger partial charge in [0.2, 0.25) is 0 Å². The second-order valence-corrected chi connectivity index (χ2v) is 2.54. The van der Waals surface area contributed by atoms with Gasteiger partial charge in [-0.05, 0) is 6.42 Å². The van der Waals surface area contributed by atoms with Crippen LogP contribution in [0, 0.1) is 0 Å². The molecule has 1 unspecified atom stereocenters. The Morgan fingerprint density at radius 2 is 2.20 bits per heavy atom. The van der Waals surface area contributed by atoms with Gasteiger partial charge in [-0.15, -0.1) is 0 Å². The number of hydroxylamine groups is 2. The molecule has 0 aliphatic heterocycles. The highest BCUT2D eigenvalue weighted by Crippen LogP contribution is 1.94. The van der Waals surface area contributed by atoms with Crippen LogP contribution >= 0.6 is 0 Å².